The average molecular weight is 501 g/mol. The minimum atomic E-state index is -3.62. The summed E-state index contributed by atoms with van der Waals surface area (Å²) in [6.07, 6.45) is 5.07. The maximum Gasteiger partial charge on any atom is 0.293 e. The summed E-state index contributed by atoms with van der Waals surface area (Å²) >= 11 is 0.833. The number of imide groups is 1. The van der Waals surface area contributed by atoms with Gasteiger partial charge in [-0.25, -0.2) is 8.42 Å². The first-order chi connectivity index (χ1) is 16.3. The third kappa shape index (κ3) is 5.06. The summed E-state index contributed by atoms with van der Waals surface area (Å²) in [5.41, 5.74) is 2.51. The monoisotopic (exact) mass is 500 g/mol. The molecule has 3 heterocycles. The zero-order valence-electron chi connectivity index (χ0n) is 18.5. The lowest BCUT2D eigenvalue weighted by atomic mass is 9.95. The quantitative estimate of drug-likeness (QED) is 0.578. The van der Waals surface area contributed by atoms with Crippen LogP contribution in [0.5, 0.6) is 0 Å². The number of rotatable bonds is 7. The fourth-order valence-corrected chi connectivity index (χ4v) is 5.99. The Morgan fingerprint density at radius 1 is 1.21 bits per heavy atom. The van der Waals surface area contributed by atoms with Gasteiger partial charge in [0.2, 0.25) is 15.9 Å². The summed E-state index contributed by atoms with van der Waals surface area (Å²) in [6, 6.07) is 10.1. The van der Waals surface area contributed by atoms with E-state index in [1.54, 1.807) is 37.5 Å². The van der Waals surface area contributed by atoms with E-state index in [0.717, 1.165) is 27.8 Å². The molecule has 2 aromatic rings. The second-order valence-electron chi connectivity index (χ2n) is 7.85. The smallest absolute Gasteiger partial charge is 0.293 e. The lowest BCUT2D eigenvalue weighted by molar-refractivity contribution is -0.126. The van der Waals surface area contributed by atoms with E-state index in [1.807, 2.05) is 24.3 Å². The largest absolute Gasteiger partial charge is 0.353 e. The molecule has 1 aromatic carbocycles. The van der Waals surface area contributed by atoms with E-state index in [0.29, 0.717) is 5.56 Å². The Bertz CT molecular complexity index is 1250. The number of amides is 3. The van der Waals surface area contributed by atoms with Crippen LogP contribution in [0.3, 0.4) is 0 Å². The topological polar surface area (TPSA) is 117 Å². The Kier molecular flexibility index (Phi) is 7.15. The summed E-state index contributed by atoms with van der Waals surface area (Å²) in [5.74, 6) is -1.00. The number of sulfonamides is 1. The number of carbonyl (C=O) groups excluding carboxylic acids is 3. The molecule has 0 aliphatic carbocycles. The molecule has 34 heavy (non-hydrogen) atoms. The van der Waals surface area contributed by atoms with Gasteiger partial charge in [-0.05, 0) is 53.9 Å². The minimum absolute atomic E-state index is 0.00930. The van der Waals surface area contributed by atoms with E-state index >= 15 is 0 Å². The Hall–Kier alpha value is -3.02. The van der Waals surface area contributed by atoms with Crippen LogP contribution in [0.2, 0.25) is 0 Å². The maximum atomic E-state index is 13.0. The van der Waals surface area contributed by atoms with E-state index < -0.39 is 33.1 Å². The van der Waals surface area contributed by atoms with Crippen LogP contribution in [-0.4, -0.2) is 64.5 Å². The van der Waals surface area contributed by atoms with E-state index in [1.165, 1.54) is 4.31 Å². The van der Waals surface area contributed by atoms with Crippen LogP contribution < -0.4 is 5.32 Å². The predicted octanol–water partition coefficient (Wildman–Crippen LogP) is 2.01. The first-order valence-corrected chi connectivity index (χ1v) is 13.2. The second kappa shape index (κ2) is 10.1. The Labute approximate surface area is 202 Å². The van der Waals surface area contributed by atoms with Gasteiger partial charge in [0.15, 0.2) is 0 Å². The van der Waals surface area contributed by atoms with Crippen molar-refractivity contribution in [2.24, 2.45) is 0 Å². The molecule has 178 valence electrons. The number of nitrogens with zero attached hydrogens (tertiary/aromatic N) is 3. The van der Waals surface area contributed by atoms with Gasteiger partial charge in [0.25, 0.3) is 11.1 Å². The molecule has 0 spiro atoms. The zero-order chi connectivity index (χ0) is 24.3. The lowest BCUT2D eigenvalue weighted by Gasteiger charge is -2.34. The van der Waals surface area contributed by atoms with Crippen LogP contribution >= 0.6 is 11.8 Å². The Balaban J connectivity index is 1.41. The highest BCUT2D eigenvalue weighted by atomic mass is 32.2. The van der Waals surface area contributed by atoms with Crippen molar-refractivity contribution < 1.29 is 22.8 Å². The number of thioether (sulfide) groups is 1. The Morgan fingerprint density at radius 2 is 1.97 bits per heavy atom. The molecule has 11 heteroatoms. The average Bonchev–Trinajstić information content (AvgIpc) is 3.11. The number of aromatic nitrogens is 1. The molecule has 1 saturated heterocycles. The molecule has 2 aliphatic heterocycles. The molecule has 9 nitrogen and oxygen atoms in total. The van der Waals surface area contributed by atoms with Gasteiger partial charge >= 0.3 is 0 Å². The number of hydrogen-bond donors (Lipinski definition) is 1. The molecule has 1 fully saturated rings. The first-order valence-electron chi connectivity index (χ1n) is 10.8. The molecular weight excluding hydrogens is 476 g/mol. The van der Waals surface area contributed by atoms with Crippen LogP contribution in [0.1, 0.15) is 23.6 Å². The van der Waals surface area contributed by atoms with Crippen molar-refractivity contribution in [2.45, 2.75) is 25.9 Å². The highest BCUT2D eigenvalue weighted by molar-refractivity contribution is 8.18. The van der Waals surface area contributed by atoms with Crippen molar-refractivity contribution in [1.29, 1.82) is 0 Å². The standard InChI is InChI=1S/C23H24N4O5S2/c1-2-34(31,32)27-15-18-8-4-3-7-17(18)13-19(27)21(28)25-10-11-26-22(29)20(33-23(26)30)12-16-6-5-9-24-14-16/h3-9,12,14,19H,2,10-11,13,15H2,1H3,(H,25,28). The van der Waals surface area contributed by atoms with Gasteiger partial charge in [-0.1, -0.05) is 30.3 Å². The van der Waals surface area contributed by atoms with Gasteiger partial charge in [0.05, 0.1) is 10.7 Å². The molecule has 4 rings (SSSR count). The number of benzene rings is 1. The fraction of sp³-hybridized carbons (Fsp3) is 0.304. The molecule has 1 aromatic heterocycles. The van der Waals surface area contributed by atoms with Crippen LogP contribution in [0, 0.1) is 0 Å². The van der Waals surface area contributed by atoms with E-state index in [4.69, 9.17) is 0 Å². The molecular formula is C23H24N4O5S2. The number of fused-ring (bicyclic) bond motifs is 1. The number of nitrogens with one attached hydrogen (secondary N) is 1. The highest BCUT2D eigenvalue weighted by Gasteiger charge is 2.38. The number of pyridine rings is 1. The van der Waals surface area contributed by atoms with Gasteiger partial charge in [0.1, 0.15) is 6.04 Å². The SMILES string of the molecule is CCS(=O)(=O)N1Cc2ccccc2CC1C(=O)NCCN1C(=O)SC(=Cc2cccnc2)C1=O. The molecule has 1 atom stereocenters. The van der Waals surface area contributed by atoms with Gasteiger partial charge in [0, 0.05) is 32.0 Å². The fourth-order valence-electron chi connectivity index (χ4n) is 3.89. The van der Waals surface area contributed by atoms with Crippen molar-refractivity contribution in [1.82, 2.24) is 19.5 Å². The highest BCUT2D eigenvalue weighted by Crippen LogP contribution is 2.32. The molecule has 3 amide bonds. The van der Waals surface area contributed by atoms with Gasteiger partial charge in [-0.2, -0.15) is 4.31 Å². The third-order valence-electron chi connectivity index (χ3n) is 5.72. The summed E-state index contributed by atoms with van der Waals surface area (Å²) in [6.45, 7) is 1.69. The summed E-state index contributed by atoms with van der Waals surface area (Å²) in [4.78, 5) is 43.3. The summed E-state index contributed by atoms with van der Waals surface area (Å²) < 4.78 is 26.6. The van der Waals surface area contributed by atoms with Crippen molar-refractivity contribution in [2.75, 3.05) is 18.8 Å². The van der Waals surface area contributed by atoms with Crippen molar-refractivity contribution in [3.05, 3.63) is 70.4 Å². The van der Waals surface area contributed by atoms with Gasteiger partial charge in [-0.3, -0.25) is 24.3 Å². The number of carbonyl (C=O) groups is 3. The van der Waals surface area contributed by atoms with Crippen molar-refractivity contribution >= 4 is 44.9 Å². The molecule has 0 bridgehead atoms. The van der Waals surface area contributed by atoms with Crippen LogP contribution in [0.25, 0.3) is 6.08 Å². The van der Waals surface area contributed by atoms with Gasteiger partial charge in [-0.15, -0.1) is 0 Å². The van der Waals surface area contributed by atoms with Crippen molar-refractivity contribution in [3.8, 4) is 0 Å². The van der Waals surface area contributed by atoms with Crippen LogP contribution in [0.4, 0.5) is 4.79 Å². The van der Waals surface area contributed by atoms with E-state index in [9.17, 15) is 22.8 Å². The van der Waals surface area contributed by atoms with E-state index in [-0.39, 0.29) is 36.7 Å². The maximum absolute atomic E-state index is 13.0. The van der Waals surface area contributed by atoms with Crippen LogP contribution in [0.15, 0.2) is 53.7 Å². The molecule has 0 radical (unpaired) electrons. The third-order valence-corrected chi connectivity index (χ3v) is 8.46. The summed E-state index contributed by atoms with van der Waals surface area (Å²) in [5, 5.41) is 2.29. The molecule has 0 saturated carbocycles. The summed E-state index contributed by atoms with van der Waals surface area (Å²) in [7, 11) is -3.62. The minimum Gasteiger partial charge on any atom is -0.353 e. The first kappa shape index (κ1) is 24.1. The van der Waals surface area contributed by atoms with Gasteiger partial charge < -0.3 is 5.32 Å². The van der Waals surface area contributed by atoms with Crippen LogP contribution in [-0.2, 0) is 32.6 Å². The van der Waals surface area contributed by atoms with E-state index in [2.05, 4.69) is 10.3 Å². The second-order valence-corrected chi connectivity index (χ2v) is 11.0. The molecule has 1 unspecified atom stereocenters. The molecule has 2 aliphatic rings. The number of hydrogen-bond acceptors (Lipinski definition) is 7. The lowest BCUT2D eigenvalue weighted by Crippen LogP contribution is -2.53. The Morgan fingerprint density at radius 3 is 2.68 bits per heavy atom. The normalized spacial score (nSPS) is 20.0. The predicted molar refractivity (Wildman–Crippen MR) is 129 cm³/mol. The zero-order valence-corrected chi connectivity index (χ0v) is 20.1. The molecule has 1 N–H and O–H groups in total. The van der Waals surface area contributed by atoms with Crippen molar-refractivity contribution in [3.63, 3.8) is 0 Å².